The van der Waals surface area contributed by atoms with Crippen molar-refractivity contribution in [3.63, 3.8) is 0 Å². The van der Waals surface area contributed by atoms with E-state index in [4.69, 9.17) is 5.11 Å². The van der Waals surface area contributed by atoms with Gasteiger partial charge in [-0.2, -0.15) is 0 Å². The molecule has 0 fully saturated rings. The molecule has 0 aliphatic rings. The molecule has 1 aromatic carbocycles. The van der Waals surface area contributed by atoms with E-state index in [1.807, 2.05) is 44.2 Å². The quantitative estimate of drug-likeness (QED) is 0.768. The van der Waals surface area contributed by atoms with E-state index in [1.165, 1.54) is 0 Å². The summed E-state index contributed by atoms with van der Waals surface area (Å²) < 4.78 is 26.3. The van der Waals surface area contributed by atoms with Crippen molar-refractivity contribution in [3.8, 4) is 0 Å². The predicted molar refractivity (Wildman–Crippen MR) is 78.1 cm³/mol. The largest absolute Gasteiger partial charge is 0.480 e. The van der Waals surface area contributed by atoms with Gasteiger partial charge in [0.05, 0.1) is 5.75 Å². The van der Waals surface area contributed by atoms with Crippen LogP contribution in [0.2, 0.25) is 0 Å². The molecule has 6 heteroatoms. The van der Waals surface area contributed by atoms with Crippen LogP contribution in [-0.4, -0.2) is 31.3 Å². The van der Waals surface area contributed by atoms with Crippen LogP contribution < -0.4 is 4.72 Å². The minimum absolute atomic E-state index is 0.121. The number of nitrogens with one attached hydrogen (secondary N) is 1. The van der Waals surface area contributed by atoms with Gasteiger partial charge in [0, 0.05) is 0 Å². The Kier molecular flexibility index (Phi) is 6.16. The zero-order valence-corrected chi connectivity index (χ0v) is 12.6. The van der Waals surface area contributed by atoms with Gasteiger partial charge in [0.2, 0.25) is 10.0 Å². The summed E-state index contributed by atoms with van der Waals surface area (Å²) in [6.07, 6.45) is 0.891. The van der Waals surface area contributed by atoms with E-state index in [0.29, 0.717) is 6.42 Å². The molecule has 0 aliphatic heterocycles. The minimum Gasteiger partial charge on any atom is -0.480 e. The van der Waals surface area contributed by atoms with E-state index >= 15 is 0 Å². The molecule has 2 N–H and O–H groups in total. The third-order valence-corrected chi connectivity index (χ3v) is 4.62. The molecule has 20 heavy (non-hydrogen) atoms. The molecule has 112 valence electrons. The molecule has 0 spiro atoms. The molecule has 0 aromatic heterocycles. The van der Waals surface area contributed by atoms with Gasteiger partial charge in [-0.05, 0) is 17.9 Å². The maximum atomic E-state index is 12.0. The maximum absolute atomic E-state index is 12.0. The van der Waals surface area contributed by atoms with Crippen molar-refractivity contribution in [1.29, 1.82) is 0 Å². The Bertz CT molecular complexity index is 527. The molecule has 1 aromatic rings. The van der Waals surface area contributed by atoms with E-state index in [-0.39, 0.29) is 18.1 Å². The number of hydrogen-bond acceptors (Lipinski definition) is 3. The highest BCUT2D eigenvalue weighted by Gasteiger charge is 2.25. The summed E-state index contributed by atoms with van der Waals surface area (Å²) in [6.45, 7) is 3.63. The molecular formula is C14H21NO4S. The second-order valence-corrected chi connectivity index (χ2v) is 6.69. The van der Waals surface area contributed by atoms with Crippen molar-refractivity contribution >= 4 is 16.0 Å². The van der Waals surface area contributed by atoms with E-state index < -0.39 is 22.0 Å². The van der Waals surface area contributed by atoms with Gasteiger partial charge in [-0.25, -0.2) is 13.1 Å². The van der Waals surface area contributed by atoms with Gasteiger partial charge >= 0.3 is 5.97 Å². The average molecular weight is 299 g/mol. The minimum atomic E-state index is -3.63. The van der Waals surface area contributed by atoms with Gasteiger partial charge < -0.3 is 5.11 Å². The van der Waals surface area contributed by atoms with Crippen molar-refractivity contribution in [3.05, 3.63) is 35.9 Å². The molecular weight excluding hydrogens is 278 g/mol. The van der Waals surface area contributed by atoms with E-state index in [2.05, 4.69) is 4.72 Å². The van der Waals surface area contributed by atoms with Crippen LogP contribution in [0, 0.1) is 0 Å². The van der Waals surface area contributed by atoms with E-state index in [1.54, 1.807) is 0 Å². The number of aliphatic carboxylic acids is 1. The number of sulfonamides is 1. The third kappa shape index (κ3) is 5.30. The zero-order chi connectivity index (χ0) is 15.2. The molecule has 5 nitrogen and oxygen atoms in total. The molecule has 0 saturated carbocycles. The highest BCUT2D eigenvalue weighted by atomic mass is 32.2. The SMILES string of the molecule is CCC[C@@H](NS(=O)(=O)CC(C)c1ccccc1)C(=O)O. The number of carboxylic acid groups (broad SMARTS) is 1. The van der Waals surface area contributed by atoms with Crippen LogP contribution in [0.15, 0.2) is 30.3 Å². The number of carbonyl (C=O) groups is 1. The molecule has 0 aliphatic carbocycles. The molecule has 0 amide bonds. The Morgan fingerprint density at radius 3 is 2.40 bits per heavy atom. The fourth-order valence-corrected chi connectivity index (χ4v) is 3.59. The Hall–Kier alpha value is -1.40. The van der Waals surface area contributed by atoms with Crippen molar-refractivity contribution < 1.29 is 18.3 Å². The topological polar surface area (TPSA) is 83.5 Å². The van der Waals surface area contributed by atoms with Crippen LogP contribution in [0.25, 0.3) is 0 Å². The fraction of sp³-hybridized carbons (Fsp3) is 0.500. The first-order valence-corrected chi connectivity index (χ1v) is 8.28. The molecule has 1 unspecified atom stereocenters. The Labute approximate surface area is 120 Å². The van der Waals surface area contributed by atoms with Gasteiger partial charge in [0.1, 0.15) is 6.04 Å². The van der Waals surface area contributed by atoms with Crippen LogP contribution in [0.3, 0.4) is 0 Å². The number of rotatable bonds is 8. The molecule has 0 radical (unpaired) electrons. The maximum Gasteiger partial charge on any atom is 0.321 e. The normalized spacial score (nSPS) is 14.7. The number of carboxylic acids is 1. The van der Waals surface area contributed by atoms with Crippen molar-refractivity contribution in [2.75, 3.05) is 5.75 Å². The van der Waals surface area contributed by atoms with E-state index in [9.17, 15) is 13.2 Å². The summed E-state index contributed by atoms with van der Waals surface area (Å²) in [5, 5.41) is 8.99. The third-order valence-electron chi connectivity index (χ3n) is 3.04. The lowest BCUT2D eigenvalue weighted by molar-refractivity contribution is -0.139. The lowest BCUT2D eigenvalue weighted by atomic mass is 10.0. The van der Waals surface area contributed by atoms with Gasteiger partial charge in [0.25, 0.3) is 0 Å². The first-order valence-electron chi connectivity index (χ1n) is 6.63. The lowest BCUT2D eigenvalue weighted by Crippen LogP contribution is -2.42. The number of hydrogen-bond donors (Lipinski definition) is 2. The van der Waals surface area contributed by atoms with Crippen LogP contribution in [0.4, 0.5) is 0 Å². The van der Waals surface area contributed by atoms with Crippen molar-refractivity contribution in [1.82, 2.24) is 4.72 Å². The van der Waals surface area contributed by atoms with Gasteiger partial charge in [0.15, 0.2) is 0 Å². The highest BCUT2D eigenvalue weighted by molar-refractivity contribution is 7.89. The summed E-state index contributed by atoms with van der Waals surface area (Å²) in [4.78, 5) is 11.0. The molecule has 0 heterocycles. The van der Waals surface area contributed by atoms with E-state index in [0.717, 1.165) is 5.56 Å². The second-order valence-electron chi connectivity index (χ2n) is 4.89. The lowest BCUT2D eigenvalue weighted by Gasteiger charge is -2.17. The zero-order valence-electron chi connectivity index (χ0n) is 11.7. The summed E-state index contributed by atoms with van der Waals surface area (Å²) in [7, 11) is -3.63. The summed E-state index contributed by atoms with van der Waals surface area (Å²) in [5.74, 6) is -1.45. The predicted octanol–water partition coefficient (Wildman–Crippen LogP) is 1.96. The molecule has 0 saturated heterocycles. The average Bonchev–Trinajstić information content (AvgIpc) is 2.38. The highest BCUT2D eigenvalue weighted by Crippen LogP contribution is 2.16. The smallest absolute Gasteiger partial charge is 0.321 e. The van der Waals surface area contributed by atoms with Gasteiger partial charge in [-0.15, -0.1) is 0 Å². The van der Waals surface area contributed by atoms with Crippen molar-refractivity contribution in [2.45, 2.75) is 38.6 Å². The van der Waals surface area contributed by atoms with Crippen LogP contribution in [0.1, 0.15) is 38.2 Å². The van der Waals surface area contributed by atoms with Crippen LogP contribution in [-0.2, 0) is 14.8 Å². The Balaban J connectivity index is 2.72. The summed E-state index contributed by atoms with van der Waals surface area (Å²) >= 11 is 0. The van der Waals surface area contributed by atoms with Crippen LogP contribution >= 0.6 is 0 Å². The van der Waals surface area contributed by atoms with Gasteiger partial charge in [-0.3, -0.25) is 4.79 Å². The summed E-state index contributed by atoms with van der Waals surface area (Å²) in [5.41, 5.74) is 0.917. The Morgan fingerprint density at radius 2 is 1.90 bits per heavy atom. The standard InChI is InChI=1S/C14H21NO4S/c1-3-7-13(14(16)17)15-20(18,19)10-11(2)12-8-5-4-6-9-12/h4-6,8-9,11,13,15H,3,7,10H2,1-2H3,(H,16,17)/t11?,13-/m1/s1. The molecule has 1 rings (SSSR count). The Morgan fingerprint density at radius 1 is 1.30 bits per heavy atom. The number of benzene rings is 1. The first-order chi connectivity index (χ1) is 9.35. The molecule has 2 atom stereocenters. The molecule has 0 bridgehead atoms. The van der Waals surface area contributed by atoms with Crippen molar-refractivity contribution in [2.24, 2.45) is 0 Å². The second kappa shape index (κ2) is 7.40. The fourth-order valence-electron chi connectivity index (χ4n) is 1.99. The van der Waals surface area contributed by atoms with Gasteiger partial charge in [-0.1, -0.05) is 50.6 Å². The summed E-state index contributed by atoms with van der Waals surface area (Å²) in [6, 6.07) is 8.24. The monoisotopic (exact) mass is 299 g/mol. The van der Waals surface area contributed by atoms with Crippen LogP contribution in [0.5, 0.6) is 0 Å². The first kappa shape index (κ1) is 16.7.